The summed E-state index contributed by atoms with van der Waals surface area (Å²) in [4.78, 5) is 29.2. The molecule has 1 unspecified atom stereocenters. The van der Waals surface area contributed by atoms with Crippen molar-refractivity contribution in [2.24, 2.45) is 0 Å². The van der Waals surface area contributed by atoms with Gasteiger partial charge in [0.25, 0.3) is 0 Å². The summed E-state index contributed by atoms with van der Waals surface area (Å²) in [5, 5.41) is 2.49. The fraction of sp³-hybridized carbons (Fsp3) is 0.259. The van der Waals surface area contributed by atoms with Crippen LogP contribution in [0.2, 0.25) is 4.31 Å². The van der Waals surface area contributed by atoms with Gasteiger partial charge in [-0.1, -0.05) is 0 Å². The first-order valence-electron chi connectivity index (χ1n) is 11.6. The number of halogens is 2. The summed E-state index contributed by atoms with van der Waals surface area (Å²) in [7, 11) is 0. The molecule has 2 fully saturated rings. The van der Waals surface area contributed by atoms with Crippen molar-refractivity contribution in [1.29, 1.82) is 0 Å². The SMILES string of the molecule is O=C(Nc1cccc(F)c1F)C1([Se]c2ccccc2)CCN(CC2(c3ccccc3)OCCO2)C1=O. The molecule has 36 heavy (non-hydrogen) atoms. The van der Waals surface area contributed by atoms with Gasteiger partial charge in [0.2, 0.25) is 0 Å². The molecule has 0 saturated carbocycles. The minimum atomic E-state index is -1.44. The molecule has 2 aliphatic rings. The Morgan fingerprint density at radius 2 is 1.61 bits per heavy atom. The number of anilines is 1. The van der Waals surface area contributed by atoms with Crippen molar-refractivity contribution in [1.82, 2.24) is 4.90 Å². The Kier molecular flexibility index (Phi) is 6.90. The van der Waals surface area contributed by atoms with Crippen LogP contribution in [-0.2, 0) is 24.8 Å². The maximum absolute atomic E-state index is 14.4. The molecule has 0 aromatic heterocycles. The first-order valence-corrected chi connectivity index (χ1v) is 13.3. The average Bonchev–Trinajstić information content (AvgIpc) is 3.50. The zero-order valence-electron chi connectivity index (χ0n) is 19.3. The van der Waals surface area contributed by atoms with Crippen LogP contribution < -0.4 is 9.78 Å². The molecule has 1 atom stereocenters. The number of ether oxygens (including phenoxy) is 2. The predicted octanol–water partition coefficient (Wildman–Crippen LogP) is 3.22. The minimum absolute atomic E-state index is 0.115. The van der Waals surface area contributed by atoms with Gasteiger partial charge >= 0.3 is 214 Å². The van der Waals surface area contributed by atoms with Crippen LogP contribution in [0.25, 0.3) is 0 Å². The van der Waals surface area contributed by atoms with E-state index in [0.29, 0.717) is 19.8 Å². The number of carbonyl (C=O) groups excluding carboxylic acids is 2. The van der Waals surface area contributed by atoms with Crippen molar-refractivity contribution in [3.63, 3.8) is 0 Å². The standard InChI is InChI=1S/C27H24F2N2O4Se/c28-21-12-7-13-22(23(21)29)30-24(32)26(36-20-10-5-2-6-11-20)14-15-31(25(26)33)18-27(34-16-17-35-27)19-8-3-1-4-9-19/h1-13H,14-18H2,(H,30,32). The van der Waals surface area contributed by atoms with Gasteiger partial charge in [-0.15, -0.1) is 0 Å². The summed E-state index contributed by atoms with van der Waals surface area (Å²) in [6.07, 6.45) is 0.231. The molecule has 9 heteroatoms. The number of benzene rings is 3. The normalized spacial score (nSPS) is 21.1. The molecule has 0 radical (unpaired) electrons. The summed E-state index contributed by atoms with van der Waals surface area (Å²) in [5.41, 5.74) is 0.491. The van der Waals surface area contributed by atoms with Gasteiger partial charge in [0.1, 0.15) is 0 Å². The van der Waals surface area contributed by atoms with Crippen molar-refractivity contribution >= 4 is 36.9 Å². The van der Waals surface area contributed by atoms with E-state index in [1.807, 2.05) is 60.7 Å². The van der Waals surface area contributed by atoms with Crippen molar-refractivity contribution in [2.75, 3.05) is 31.6 Å². The third-order valence-corrected chi connectivity index (χ3v) is 9.31. The monoisotopic (exact) mass is 558 g/mol. The van der Waals surface area contributed by atoms with E-state index in [2.05, 4.69) is 5.32 Å². The van der Waals surface area contributed by atoms with Crippen LogP contribution in [0.5, 0.6) is 0 Å². The Morgan fingerprint density at radius 1 is 0.944 bits per heavy atom. The van der Waals surface area contributed by atoms with E-state index < -0.39 is 42.6 Å². The van der Waals surface area contributed by atoms with Crippen molar-refractivity contribution in [2.45, 2.75) is 16.5 Å². The first kappa shape index (κ1) is 24.6. The zero-order chi connectivity index (χ0) is 25.2. The van der Waals surface area contributed by atoms with E-state index in [1.54, 1.807) is 4.90 Å². The van der Waals surface area contributed by atoms with E-state index in [9.17, 15) is 18.4 Å². The number of nitrogens with one attached hydrogen (secondary N) is 1. The maximum atomic E-state index is 14.4. The van der Waals surface area contributed by atoms with E-state index in [4.69, 9.17) is 9.47 Å². The molecule has 186 valence electrons. The molecule has 2 heterocycles. The summed E-state index contributed by atoms with van der Waals surface area (Å²) in [6.45, 7) is 1.18. The Morgan fingerprint density at radius 3 is 2.31 bits per heavy atom. The molecule has 2 aliphatic heterocycles. The molecular formula is C27H24F2N2O4Se. The van der Waals surface area contributed by atoms with Gasteiger partial charge in [0.15, 0.2) is 0 Å². The fourth-order valence-electron chi connectivity index (χ4n) is 4.52. The van der Waals surface area contributed by atoms with Crippen molar-refractivity contribution in [3.8, 4) is 0 Å². The van der Waals surface area contributed by atoms with Gasteiger partial charge in [-0.05, 0) is 0 Å². The van der Waals surface area contributed by atoms with E-state index in [1.165, 1.54) is 12.1 Å². The topological polar surface area (TPSA) is 67.9 Å². The summed E-state index contributed by atoms with van der Waals surface area (Å²) in [5.74, 6) is -4.39. The van der Waals surface area contributed by atoms with Crippen LogP contribution in [-0.4, -0.2) is 58.0 Å². The third-order valence-electron chi connectivity index (χ3n) is 6.33. The number of rotatable bonds is 7. The summed E-state index contributed by atoms with van der Waals surface area (Å²) in [6, 6.07) is 22.2. The average molecular weight is 557 g/mol. The second-order valence-corrected chi connectivity index (χ2v) is 11.5. The van der Waals surface area contributed by atoms with Crippen LogP contribution in [0, 0.1) is 11.6 Å². The molecule has 0 aliphatic carbocycles. The van der Waals surface area contributed by atoms with Gasteiger partial charge in [-0.3, -0.25) is 0 Å². The Labute approximate surface area is 213 Å². The van der Waals surface area contributed by atoms with Crippen LogP contribution in [0.15, 0.2) is 78.9 Å². The van der Waals surface area contributed by atoms with Gasteiger partial charge in [0, 0.05) is 0 Å². The molecule has 0 spiro atoms. The quantitative estimate of drug-likeness (QED) is 0.358. The van der Waals surface area contributed by atoms with Crippen LogP contribution in [0.3, 0.4) is 0 Å². The zero-order valence-corrected chi connectivity index (χ0v) is 21.0. The predicted molar refractivity (Wildman–Crippen MR) is 131 cm³/mol. The molecule has 3 aromatic carbocycles. The number of hydrogen-bond donors (Lipinski definition) is 1. The number of hydrogen-bond acceptors (Lipinski definition) is 4. The molecule has 2 amide bonds. The van der Waals surface area contributed by atoms with Gasteiger partial charge in [0.05, 0.1) is 0 Å². The second-order valence-electron chi connectivity index (χ2n) is 8.59. The van der Waals surface area contributed by atoms with Crippen molar-refractivity contribution in [3.05, 3.63) is 96.1 Å². The number of carbonyl (C=O) groups is 2. The Hall–Kier alpha value is -3.10. The van der Waals surface area contributed by atoms with Crippen LogP contribution in [0.4, 0.5) is 14.5 Å². The van der Waals surface area contributed by atoms with Gasteiger partial charge in [-0.25, -0.2) is 0 Å². The number of amides is 2. The van der Waals surface area contributed by atoms with Crippen molar-refractivity contribution < 1.29 is 27.8 Å². The summed E-state index contributed by atoms with van der Waals surface area (Å²) < 4.78 is 39.6. The first-order chi connectivity index (χ1) is 17.4. The number of nitrogens with zero attached hydrogens (tertiary/aromatic N) is 1. The van der Waals surface area contributed by atoms with Gasteiger partial charge < -0.3 is 0 Å². The molecule has 5 rings (SSSR count). The molecule has 6 nitrogen and oxygen atoms in total. The molecule has 0 bridgehead atoms. The van der Waals surface area contributed by atoms with E-state index in [0.717, 1.165) is 16.1 Å². The molecule has 3 aromatic rings. The van der Waals surface area contributed by atoms with E-state index in [-0.39, 0.29) is 24.6 Å². The van der Waals surface area contributed by atoms with Crippen LogP contribution >= 0.6 is 0 Å². The molecular weight excluding hydrogens is 533 g/mol. The van der Waals surface area contributed by atoms with E-state index >= 15 is 0 Å². The molecule has 2 saturated heterocycles. The Balaban J connectivity index is 1.46. The van der Waals surface area contributed by atoms with Crippen LogP contribution in [0.1, 0.15) is 12.0 Å². The fourth-order valence-corrected chi connectivity index (χ4v) is 7.14. The second kappa shape index (κ2) is 10.1. The van der Waals surface area contributed by atoms with Gasteiger partial charge in [-0.2, -0.15) is 0 Å². The third kappa shape index (κ3) is 4.55. The number of likely N-dealkylation sites (tertiary alicyclic amines) is 1. The Bertz CT molecular complexity index is 1260. The summed E-state index contributed by atoms with van der Waals surface area (Å²) >= 11 is -0.620. The molecule has 1 N–H and O–H groups in total.